The molecule has 2 aliphatic rings. The molecule has 4 nitrogen and oxygen atoms in total. The van der Waals surface area contributed by atoms with Gasteiger partial charge in [0.15, 0.2) is 0 Å². The van der Waals surface area contributed by atoms with E-state index in [-0.39, 0.29) is 0 Å². The Labute approximate surface area is 159 Å². The van der Waals surface area contributed by atoms with E-state index >= 15 is 0 Å². The Balaban J connectivity index is 1.31. The van der Waals surface area contributed by atoms with Crippen molar-refractivity contribution in [1.82, 2.24) is 9.55 Å². The predicted octanol–water partition coefficient (Wildman–Crippen LogP) is 4.23. The molecule has 2 aliphatic carbocycles. The van der Waals surface area contributed by atoms with Crippen molar-refractivity contribution in [2.45, 2.75) is 57.1 Å². The van der Waals surface area contributed by atoms with Crippen LogP contribution in [-0.4, -0.2) is 27.4 Å². The van der Waals surface area contributed by atoms with Crippen LogP contribution in [0.25, 0.3) is 11.0 Å². The summed E-state index contributed by atoms with van der Waals surface area (Å²) >= 11 is 0. The molecule has 0 saturated heterocycles. The van der Waals surface area contributed by atoms with Crippen molar-refractivity contribution in [3.63, 3.8) is 0 Å². The number of ether oxygens (including phenoxy) is 1. The predicted molar refractivity (Wildman–Crippen MR) is 106 cm³/mol. The van der Waals surface area contributed by atoms with Gasteiger partial charge in [0, 0.05) is 5.92 Å². The van der Waals surface area contributed by atoms with Crippen LogP contribution in [0.3, 0.4) is 0 Å². The van der Waals surface area contributed by atoms with E-state index < -0.39 is 6.10 Å². The molecule has 1 fully saturated rings. The molecule has 0 aliphatic heterocycles. The first kappa shape index (κ1) is 16.8. The zero-order chi connectivity index (χ0) is 18.2. The first-order valence-electron chi connectivity index (χ1n) is 10.2. The van der Waals surface area contributed by atoms with Gasteiger partial charge in [0.1, 0.15) is 24.3 Å². The maximum atomic E-state index is 10.7. The average molecular weight is 362 g/mol. The fourth-order valence-corrected chi connectivity index (χ4v) is 4.36. The molecule has 0 bridgehead atoms. The van der Waals surface area contributed by atoms with Crippen LogP contribution in [0, 0.1) is 0 Å². The number of rotatable bonds is 6. The summed E-state index contributed by atoms with van der Waals surface area (Å²) in [4.78, 5) is 4.86. The quantitative estimate of drug-likeness (QED) is 0.714. The van der Waals surface area contributed by atoms with Gasteiger partial charge >= 0.3 is 0 Å². The highest BCUT2D eigenvalue weighted by atomic mass is 16.5. The molecule has 3 aromatic rings. The Morgan fingerprint density at radius 1 is 1.07 bits per heavy atom. The summed E-state index contributed by atoms with van der Waals surface area (Å²) in [6.07, 6.45) is 6.67. The zero-order valence-electron chi connectivity index (χ0n) is 15.6. The van der Waals surface area contributed by atoms with E-state index in [2.05, 4.69) is 28.8 Å². The van der Waals surface area contributed by atoms with Gasteiger partial charge < -0.3 is 14.4 Å². The van der Waals surface area contributed by atoms with Gasteiger partial charge in [0.2, 0.25) is 0 Å². The smallest absolute Gasteiger partial charge is 0.119 e. The molecule has 27 heavy (non-hydrogen) atoms. The second-order valence-corrected chi connectivity index (χ2v) is 7.95. The molecule has 1 N–H and O–H groups in total. The summed E-state index contributed by atoms with van der Waals surface area (Å²) < 4.78 is 8.12. The highest BCUT2D eigenvalue weighted by Gasteiger charge is 2.26. The van der Waals surface area contributed by atoms with Crippen LogP contribution in [-0.2, 0) is 19.4 Å². The molecule has 4 heteroatoms. The number of imidazole rings is 1. The van der Waals surface area contributed by atoms with E-state index in [1.54, 1.807) is 0 Å². The van der Waals surface area contributed by atoms with Crippen LogP contribution in [0.4, 0.5) is 0 Å². The van der Waals surface area contributed by atoms with E-state index in [1.807, 2.05) is 18.2 Å². The van der Waals surface area contributed by atoms with Crippen LogP contribution in [0.15, 0.2) is 42.5 Å². The zero-order valence-corrected chi connectivity index (χ0v) is 15.6. The third kappa shape index (κ3) is 3.23. The summed E-state index contributed by atoms with van der Waals surface area (Å²) in [7, 11) is 0. The number of aliphatic hydroxyl groups is 1. The van der Waals surface area contributed by atoms with Crippen LogP contribution < -0.4 is 4.74 Å². The maximum Gasteiger partial charge on any atom is 0.119 e. The molecule has 0 spiro atoms. The molecular weight excluding hydrogens is 336 g/mol. The van der Waals surface area contributed by atoms with E-state index in [0.717, 1.165) is 29.0 Å². The minimum Gasteiger partial charge on any atom is -0.491 e. The Morgan fingerprint density at radius 2 is 1.93 bits per heavy atom. The van der Waals surface area contributed by atoms with Crippen LogP contribution in [0.5, 0.6) is 5.75 Å². The van der Waals surface area contributed by atoms with E-state index in [1.165, 1.54) is 43.2 Å². The molecule has 1 saturated carbocycles. The van der Waals surface area contributed by atoms with Crippen molar-refractivity contribution in [2.75, 3.05) is 6.61 Å². The van der Waals surface area contributed by atoms with Gasteiger partial charge in [-0.1, -0.05) is 24.6 Å². The largest absolute Gasteiger partial charge is 0.491 e. The van der Waals surface area contributed by atoms with Gasteiger partial charge in [-0.3, -0.25) is 0 Å². The Bertz CT molecular complexity index is 958. The third-order valence-corrected chi connectivity index (χ3v) is 6.06. The van der Waals surface area contributed by atoms with Crippen molar-refractivity contribution in [1.29, 1.82) is 0 Å². The van der Waals surface area contributed by atoms with Gasteiger partial charge in [-0.15, -0.1) is 0 Å². The van der Waals surface area contributed by atoms with Crippen molar-refractivity contribution < 1.29 is 9.84 Å². The number of para-hydroxylation sites is 2. The molecule has 1 heterocycles. The molecule has 0 radical (unpaired) electrons. The summed E-state index contributed by atoms with van der Waals surface area (Å²) in [5.41, 5.74) is 4.97. The number of aromatic nitrogens is 2. The number of aryl methyl sites for hydroxylation is 2. The van der Waals surface area contributed by atoms with Crippen molar-refractivity contribution in [3.05, 3.63) is 59.4 Å². The first-order chi connectivity index (χ1) is 13.3. The SMILES string of the molecule is OC(COc1ccc2c(c1)CCC2)Cn1c(C2CCC2)nc2ccccc21. The lowest BCUT2D eigenvalue weighted by atomic mass is 9.85. The lowest BCUT2D eigenvalue weighted by molar-refractivity contribution is 0.0919. The summed E-state index contributed by atoms with van der Waals surface area (Å²) in [6.45, 7) is 0.826. The minimum atomic E-state index is -0.560. The van der Waals surface area contributed by atoms with Crippen molar-refractivity contribution in [2.24, 2.45) is 0 Å². The monoisotopic (exact) mass is 362 g/mol. The molecule has 140 valence electrons. The molecule has 0 amide bonds. The number of nitrogens with zero attached hydrogens (tertiary/aromatic N) is 2. The lowest BCUT2D eigenvalue weighted by Crippen LogP contribution is -2.26. The highest BCUT2D eigenvalue weighted by molar-refractivity contribution is 5.76. The van der Waals surface area contributed by atoms with Crippen molar-refractivity contribution >= 4 is 11.0 Å². The molecular formula is C23H26N2O2. The maximum absolute atomic E-state index is 10.7. The third-order valence-electron chi connectivity index (χ3n) is 6.06. The lowest BCUT2D eigenvalue weighted by Gasteiger charge is -2.26. The van der Waals surface area contributed by atoms with E-state index in [4.69, 9.17) is 9.72 Å². The minimum absolute atomic E-state index is 0.301. The molecule has 1 atom stereocenters. The van der Waals surface area contributed by atoms with Gasteiger partial charge in [0.25, 0.3) is 0 Å². The summed E-state index contributed by atoms with van der Waals surface area (Å²) in [5.74, 6) is 2.52. The number of hydrogen-bond donors (Lipinski definition) is 1. The van der Waals surface area contributed by atoms with Gasteiger partial charge in [-0.05, 0) is 67.5 Å². The van der Waals surface area contributed by atoms with Crippen LogP contribution in [0.2, 0.25) is 0 Å². The molecule has 2 aromatic carbocycles. The van der Waals surface area contributed by atoms with E-state index in [0.29, 0.717) is 19.1 Å². The normalized spacial score (nSPS) is 17.7. The Morgan fingerprint density at radius 3 is 2.78 bits per heavy atom. The second-order valence-electron chi connectivity index (χ2n) is 7.95. The van der Waals surface area contributed by atoms with Gasteiger partial charge in [0.05, 0.1) is 17.6 Å². The van der Waals surface area contributed by atoms with Crippen molar-refractivity contribution in [3.8, 4) is 5.75 Å². The summed E-state index contributed by atoms with van der Waals surface area (Å²) in [6, 6.07) is 14.6. The topological polar surface area (TPSA) is 47.3 Å². The highest BCUT2D eigenvalue weighted by Crippen LogP contribution is 2.37. The fourth-order valence-electron chi connectivity index (χ4n) is 4.36. The average Bonchev–Trinajstić information content (AvgIpc) is 3.23. The Hall–Kier alpha value is -2.33. The summed E-state index contributed by atoms with van der Waals surface area (Å²) in [5, 5.41) is 10.7. The van der Waals surface area contributed by atoms with Crippen LogP contribution >= 0.6 is 0 Å². The van der Waals surface area contributed by atoms with E-state index in [9.17, 15) is 5.11 Å². The Kier molecular flexibility index (Phi) is 4.36. The number of aliphatic hydroxyl groups excluding tert-OH is 1. The molecule has 1 unspecified atom stereocenters. The van der Waals surface area contributed by atoms with Crippen LogP contribution in [0.1, 0.15) is 48.6 Å². The molecule has 5 rings (SSSR count). The number of fused-ring (bicyclic) bond motifs is 2. The number of benzene rings is 2. The molecule has 1 aromatic heterocycles. The number of hydrogen-bond acceptors (Lipinski definition) is 3. The van der Waals surface area contributed by atoms with Gasteiger partial charge in [-0.2, -0.15) is 0 Å². The first-order valence-corrected chi connectivity index (χ1v) is 10.2. The second kappa shape index (κ2) is 7.01. The standard InChI is InChI=1S/C23H26N2O2/c26-19(15-27-20-12-11-16-5-3-8-18(16)13-20)14-25-22-10-2-1-9-21(22)24-23(25)17-6-4-7-17/h1-2,9-13,17,19,26H,3-8,14-15H2. The van der Waals surface area contributed by atoms with Gasteiger partial charge in [-0.25, -0.2) is 4.98 Å². The fraction of sp³-hybridized carbons (Fsp3) is 0.435.